The standard InChI is InChI=1S/C31H31NO4S/c1-4-5-24(17-31(32)33)23-8-11-25(12-9-23)36-19-22-7-13-30-28(16-22)29(20-37-30)27-18-26(10-6-21(27)2)35-15-14-34-3/h6-13,16,18,20,24H,14-15,17,19H2,1-3H3,(H2,32,33)/t24-/m0/s1. The Hall–Kier alpha value is -3.79. The smallest absolute Gasteiger partial charge is 0.219 e. The van der Waals surface area contributed by atoms with E-state index in [2.05, 4.69) is 54.5 Å². The molecule has 0 bridgehead atoms. The molecule has 1 aromatic heterocycles. The lowest BCUT2D eigenvalue weighted by molar-refractivity contribution is -0.118. The van der Waals surface area contributed by atoms with Gasteiger partial charge < -0.3 is 19.9 Å². The molecule has 0 spiro atoms. The van der Waals surface area contributed by atoms with Crippen LogP contribution in [0.25, 0.3) is 21.2 Å². The second-order valence-corrected chi connectivity index (χ2v) is 9.68. The summed E-state index contributed by atoms with van der Waals surface area (Å²) in [6.45, 7) is 5.40. The van der Waals surface area contributed by atoms with Crippen LogP contribution in [0, 0.1) is 18.8 Å². The number of primary amides is 1. The normalized spacial score (nSPS) is 11.5. The molecule has 5 nitrogen and oxygen atoms in total. The van der Waals surface area contributed by atoms with Crippen molar-refractivity contribution in [1.82, 2.24) is 0 Å². The summed E-state index contributed by atoms with van der Waals surface area (Å²) in [5.74, 6) is 6.96. The molecule has 0 fully saturated rings. The van der Waals surface area contributed by atoms with Crippen molar-refractivity contribution in [2.45, 2.75) is 32.8 Å². The van der Waals surface area contributed by atoms with Crippen molar-refractivity contribution >= 4 is 27.3 Å². The van der Waals surface area contributed by atoms with Gasteiger partial charge in [0.05, 0.1) is 12.5 Å². The van der Waals surface area contributed by atoms with E-state index in [0.717, 1.165) is 28.2 Å². The molecule has 2 N–H and O–H groups in total. The average molecular weight is 514 g/mol. The molecule has 4 aromatic rings. The summed E-state index contributed by atoms with van der Waals surface area (Å²) in [5, 5.41) is 3.41. The summed E-state index contributed by atoms with van der Waals surface area (Å²) >= 11 is 1.73. The maximum atomic E-state index is 11.4. The first-order valence-electron chi connectivity index (χ1n) is 12.1. The van der Waals surface area contributed by atoms with E-state index in [1.54, 1.807) is 25.4 Å². The number of ether oxygens (including phenoxy) is 3. The van der Waals surface area contributed by atoms with Crippen LogP contribution >= 0.6 is 11.3 Å². The molecule has 0 saturated carbocycles. The Morgan fingerprint density at radius 1 is 0.973 bits per heavy atom. The first-order valence-corrected chi connectivity index (χ1v) is 13.0. The number of rotatable bonds is 11. The number of fused-ring (bicyclic) bond motifs is 1. The molecular formula is C31H31NO4S. The summed E-state index contributed by atoms with van der Waals surface area (Å²) in [6.07, 6.45) is 0.200. The predicted octanol–water partition coefficient (Wildman–Crippen LogP) is 6.46. The van der Waals surface area contributed by atoms with Crippen molar-refractivity contribution in [2.75, 3.05) is 20.3 Å². The maximum Gasteiger partial charge on any atom is 0.219 e. The van der Waals surface area contributed by atoms with Gasteiger partial charge in [0.2, 0.25) is 5.91 Å². The van der Waals surface area contributed by atoms with Gasteiger partial charge in [-0.05, 0) is 77.9 Å². The Labute approximate surface area is 222 Å². The number of aryl methyl sites for hydroxylation is 1. The largest absolute Gasteiger partial charge is 0.491 e. The van der Waals surface area contributed by atoms with Crippen molar-refractivity contribution in [3.05, 3.63) is 82.7 Å². The lowest BCUT2D eigenvalue weighted by atomic mass is 9.96. The highest BCUT2D eigenvalue weighted by atomic mass is 32.1. The van der Waals surface area contributed by atoms with Crippen LogP contribution in [0.4, 0.5) is 0 Å². The van der Waals surface area contributed by atoms with Crippen molar-refractivity contribution in [3.63, 3.8) is 0 Å². The Morgan fingerprint density at radius 3 is 2.49 bits per heavy atom. The SMILES string of the molecule is CC#C[C@@H](CC(N)=O)c1ccc(OCc2ccc3scc(-c4cc(OCCOC)ccc4C)c3c2)cc1. The van der Waals surface area contributed by atoms with Gasteiger partial charge >= 0.3 is 0 Å². The third kappa shape index (κ3) is 6.71. The van der Waals surface area contributed by atoms with Crippen molar-refractivity contribution in [3.8, 4) is 34.5 Å². The van der Waals surface area contributed by atoms with Gasteiger partial charge in [0.1, 0.15) is 24.7 Å². The van der Waals surface area contributed by atoms with Gasteiger partial charge in [-0.3, -0.25) is 4.79 Å². The molecule has 1 heterocycles. The first kappa shape index (κ1) is 26.3. The van der Waals surface area contributed by atoms with Crippen molar-refractivity contribution in [2.24, 2.45) is 5.73 Å². The number of nitrogens with two attached hydrogens (primary N) is 1. The van der Waals surface area contributed by atoms with Gasteiger partial charge in [-0.1, -0.05) is 30.2 Å². The molecule has 0 aliphatic rings. The van der Waals surface area contributed by atoms with Crippen LogP contribution in [-0.4, -0.2) is 26.2 Å². The fraction of sp³-hybridized carbons (Fsp3) is 0.258. The van der Waals surface area contributed by atoms with Crippen LogP contribution in [0.15, 0.2) is 66.0 Å². The van der Waals surface area contributed by atoms with E-state index < -0.39 is 0 Å². The minimum atomic E-state index is -0.364. The van der Waals surface area contributed by atoms with Gasteiger partial charge in [-0.2, -0.15) is 0 Å². The van der Waals surface area contributed by atoms with Crippen LogP contribution in [-0.2, 0) is 16.1 Å². The summed E-state index contributed by atoms with van der Waals surface area (Å²) in [4.78, 5) is 11.4. The van der Waals surface area contributed by atoms with Crippen molar-refractivity contribution in [1.29, 1.82) is 0 Å². The summed E-state index contributed by atoms with van der Waals surface area (Å²) in [5.41, 5.74) is 11.0. The number of carbonyl (C=O) groups is 1. The van der Waals surface area contributed by atoms with Crippen LogP contribution in [0.3, 0.4) is 0 Å². The van der Waals surface area contributed by atoms with E-state index in [1.165, 1.54) is 21.2 Å². The summed E-state index contributed by atoms with van der Waals surface area (Å²) in [7, 11) is 1.67. The third-order valence-electron chi connectivity index (χ3n) is 6.11. The molecule has 0 saturated heterocycles. The number of benzene rings is 3. The van der Waals surface area contributed by atoms with Crippen LogP contribution in [0.1, 0.15) is 36.0 Å². The van der Waals surface area contributed by atoms with Crippen molar-refractivity contribution < 1.29 is 19.0 Å². The zero-order chi connectivity index (χ0) is 26.2. The number of carbonyl (C=O) groups excluding carboxylic acids is 1. The molecule has 6 heteroatoms. The average Bonchev–Trinajstić information content (AvgIpc) is 3.31. The molecule has 37 heavy (non-hydrogen) atoms. The van der Waals surface area contributed by atoms with Crippen LogP contribution < -0.4 is 15.2 Å². The monoisotopic (exact) mass is 513 g/mol. The number of hydrogen-bond donors (Lipinski definition) is 1. The minimum Gasteiger partial charge on any atom is -0.491 e. The second-order valence-electron chi connectivity index (χ2n) is 8.77. The molecule has 1 amide bonds. The molecule has 1 atom stereocenters. The van der Waals surface area contributed by atoms with E-state index in [0.29, 0.717) is 19.8 Å². The molecule has 0 aliphatic carbocycles. The number of methoxy groups -OCH3 is 1. The molecule has 4 rings (SSSR count). The molecule has 0 radical (unpaired) electrons. The molecule has 3 aromatic carbocycles. The fourth-order valence-electron chi connectivity index (χ4n) is 4.19. The number of amides is 1. The number of thiophene rings is 1. The van der Waals surface area contributed by atoms with Crippen LogP contribution in [0.5, 0.6) is 11.5 Å². The lowest BCUT2D eigenvalue weighted by Gasteiger charge is -2.12. The van der Waals surface area contributed by atoms with E-state index in [1.807, 2.05) is 30.3 Å². The fourth-order valence-corrected chi connectivity index (χ4v) is 5.13. The maximum absolute atomic E-state index is 11.4. The van der Waals surface area contributed by atoms with Gasteiger partial charge in [-0.15, -0.1) is 17.3 Å². The Balaban J connectivity index is 1.50. The zero-order valence-corrected chi connectivity index (χ0v) is 22.2. The third-order valence-corrected chi connectivity index (χ3v) is 7.07. The highest BCUT2D eigenvalue weighted by Gasteiger charge is 2.13. The predicted molar refractivity (Wildman–Crippen MR) is 150 cm³/mol. The summed E-state index contributed by atoms with van der Waals surface area (Å²) in [6, 6.07) is 20.4. The minimum absolute atomic E-state index is 0.200. The quantitative estimate of drug-likeness (QED) is 0.184. The van der Waals surface area contributed by atoms with E-state index >= 15 is 0 Å². The lowest BCUT2D eigenvalue weighted by Crippen LogP contribution is -2.14. The topological polar surface area (TPSA) is 70.8 Å². The van der Waals surface area contributed by atoms with Crippen LogP contribution in [0.2, 0.25) is 0 Å². The number of hydrogen-bond acceptors (Lipinski definition) is 5. The highest BCUT2D eigenvalue weighted by molar-refractivity contribution is 7.17. The van der Waals surface area contributed by atoms with Gasteiger partial charge in [0.25, 0.3) is 0 Å². The first-order chi connectivity index (χ1) is 18.0. The Kier molecular flexibility index (Phi) is 8.84. The van der Waals surface area contributed by atoms with Gasteiger partial charge in [0, 0.05) is 29.2 Å². The van der Waals surface area contributed by atoms with E-state index in [-0.39, 0.29) is 18.2 Å². The molecule has 0 unspecified atom stereocenters. The highest BCUT2D eigenvalue weighted by Crippen LogP contribution is 2.38. The molecular weight excluding hydrogens is 482 g/mol. The van der Waals surface area contributed by atoms with Gasteiger partial charge in [-0.25, -0.2) is 0 Å². The van der Waals surface area contributed by atoms with E-state index in [9.17, 15) is 4.79 Å². The second kappa shape index (κ2) is 12.4. The summed E-state index contributed by atoms with van der Waals surface area (Å²) < 4.78 is 18.3. The molecule has 190 valence electrons. The molecule has 0 aliphatic heterocycles. The Morgan fingerprint density at radius 2 is 1.76 bits per heavy atom. The Bertz CT molecular complexity index is 1430. The van der Waals surface area contributed by atoms with E-state index in [4.69, 9.17) is 19.9 Å². The van der Waals surface area contributed by atoms with Gasteiger partial charge in [0.15, 0.2) is 0 Å². The zero-order valence-electron chi connectivity index (χ0n) is 21.4.